The Hall–Kier alpha value is -3.63. The minimum absolute atomic E-state index is 0.125. The van der Waals surface area contributed by atoms with Gasteiger partial charge in [0.15, 0.2) is 6.10 Å². The van der Waals surface area contributed by atoms with Crippen molar-refractivity contribution in [3.63, 3.8) is 0 Å². The predicted octanol–water partition coefficient (Wildman–Crippen LogP) is 6.53. The lowest BCUT2D eigenvalue weighted by Crippen LogP contribution is -2.37. The quantitative estimate of drug-likeness (QED) is 0.229. The third-order valence-corrected chi connectivity index (χ3v) is 6.83. The van der Waals surface area contributed by atoms with Crippen molar-refractivity contribution < 1.29 is 37.3 Å². The molecule has 2 N–H and O–H groups in total. The summed E-state index contributed by atoms with van der Waals surface area (Å²) in [5, 5.41) is 12.3. The Morgan fingerprint density at radius 2 is 1.59 bits per heavy atom. The fraction of sp³-hybridized carbons (Fsp3) is 0.310. The summed E-state index contributed by atoms with van der Waals surface area (Å²) in [6.45, 7) is 8.96. The number of aryl methyl sites for hydroxylation is 2. The molecule has 0 saturated heterocycles. The van der Waals surface area contributed by atoms with Crippen LogP contribution in [0.2, 0.25) is 0 Å². The average Bonchev–Trinajstić information content (AvgIpc) is 3.35. The van der Waals surface area contributed by atoms with Crippen molar-refractivity contribution in [1.29, 1.82) is 0 Å². The molecular weight excluding hydrogens is 531 g/mol. The Bertz CT molecular complexity index is 1350. The van der Waals surface area contributed by atoms with Crippen LogP contribution in [-0.2, 0) is 15.7 Å². The van der Waals surface area contributed by atoms with E-state index < -0.39 is 29.7 Å². The van der Waals surface area contributed by atoms with Gasteiger partial charge in [0, 0.05) is 0 Å². The van der Waals surface area contributed by atoms with Crippen molar-refractivity contribution in [3.05, 3.63) is 80.5 Å². The smallest absolute Gasteiger partial charge is 0.416 e. The molecule has 0 aliphatic heterocycles. The number of thiophene rings is 1. The Morgan fingerprint density at radius 3 is 2.13 bits per heavy atom. The van der Waals surface area contributed by atoms with E-state index in [1.807, 2.05) is 39.8 Å². The highest BCUT2D eigenvalue weighted by molar-refractivity contribution is 7.15. The number of aliphatic hydroxyl groups excluding tert-OH is 1. The fourth-order valence-corrected chi connectivity index (χ4v) is 4.97. The van der Waals surface area contributed by atoms with Gasteiger partial charge in [-0.3, -0.25) is 4.79 Å². The molecule has 0 spiro atoms. The number of allylic oxidation sites excluding steroid dienone is 1. The molecule has 1 amide bonds. The van der Waals surface area contributed by atoms with E-state index >= 15 is 0 Å². The van der Waals surface area contributed by atoms with Crippen molar-refractivity contribution >= 4 is 29.0 Å². The Balaban J connectivity index is 1.77. The average molecular weight is 562 g/mol. The van der Waals surface area contributed by atoms with Crippen LogP contribution in [0.15, 0.2) is 54.1 Å². The molecule has 0 fully saturated rings. The molecule has 0 saturated carbocycles. The number of alkyl halides is 3. The van der Waals surface area contributed by atoms with Crippen molar-refractivity contribution in [3.8, 4) is 16.9 Å². The summed E-state index contributed by atoms with van der Waals surface area (Å²) >= 11 is 1.19. The highest BCUT2D eigenvalue weighted by Gasteiger charge is 2.30. The van der Waals surface area contributed by atoms with Crippen LogP contribution >= 0.6 is 11.3 Å². The topological polar surface area (TPSA) is 84.9 Å². The van der Waals surface area contributed by atoms with Gasteiger partial charge in [-0.1, -0.05) is 12.1 Å². The van der Waals surface area contributed by atoms with Gasteiger partial charge in [-0.25, -0.2) is 4.79 Å². The lowest BCUT2D eigenvalue weighted by Gasteiger charge is -2.16. The van der Waals surface area contributed by atoms with Crippen molar-refractivity contribution in [2.24, 2.45) is 0 Å². The van der Waals surface area contributed by atoms with Gasteiger partial charge in [0.05, 0.1) is 28.5 Å². The van der Waals surface area contributed by atoms with Gasteiger partial charge in [0.1, 0.15) is 11.5 Å². The minimum Gasteiger partial charge on any atom is -0.464 e. The molecule has 208 valence electrons. The maximum Gasteiger partial charge on any atom is 0.416 e. The van der Waals surface area contributed by atoms with E-state index in [0.717, 1.165) is 34.4 Å². The number of carbonyl (C=O) groups is 2. The maximum atomic E-state index is 13.0. The van der Waals surface area contributed by atoms with E-state index in [1.165, 1.54) is 23.5 Å². The number of benzene rings is 2. The SMILES string of the molecule is CCOC(=O)[C@@H](O)CNC(=O)c1ccc(C(Oc2cc(C)c(-c3ccc(C(F)(F)F)cc3)c(C)c2)=C(C)C)s1. The number of nitrogens with one attached hydrogen (secondary N) is 1. The van der Waals surface area contributed by atoms with Gasteiger partial charge < -0.3 is 19.9 Å². The molecule has 0 aliphatic rings. The van der Waals surface area contributed by atoms with E-state index in [4.69, 9.17) is 9.47 Å². The van der Waals surface area contributed by atoms with Crippen LogP contribution < -0.4 is 10.1 Å². The molecule has 1 atom stereocenters. The molecule has 2 aromatic carbocycles. The van der Waals surface area contributed by atoms with Crippen LogP contribution in [0, 0.1) is 13.8 Å². The first kappa shape index (κ1) is 29.9. The molecule has 0 unspecified atom stereocenters. The van der Waals surface area contributed by atoms with Crippen molar-refractivity contribution in [2.45, 2.75) is 46.9 Å². The van der Waals surface area contributed by atoms with Crippen LogP contribution in [0.25, 0.3) is 16.9 Å². The normalized spacial score (nSPS) is 12.0. The van der Waals surface area contributed by atoms with E-state index in [0.29, 0.717) is 26.8 Å². The zero-order chi connectivity index (χ0) is 28.9. The maximum absolute atomic E-state index is 13.0. The zero-order valence-corrected chi connectivity index (χ0v) is 23.0. The molecular formula is C29H30F3NO5S. The van der Waals surface area contributed by atoms with Gasteiger partial charge in [-0.15, -0.1) is 11.3 Å². The van der Waals surface area contributed by atoms with E-state index in [1.54, 1.807) is 19.1 Å². The van der Waals surface area contributed by atoms with Crippen LogP contribution in [0.1, 0.15) is 52.0 Å². The number of amides is 1. The monoisotopic (exact) mass is 561 g/mol. The van der Waals surface area contributed by atoms with Gasteiger partial charge in [0.25, 0.3) is 5.91 Å². The zero-order valence-electron chi connectivity index (χ0n) is 22.2. The predicted molar refractivity (Wildman–Crippen MR) is 145 cm³/mol. The van der Waals surface area contributed by atoms with Crippen LogP contribution in [-0.4, -0.2) is 36.2 Å². The summed E-state index contributed by atoms with van der Waals surface area (Å²) in [5.74, 6) is -0.143. The second-order valence-electron chi connectivity index (χ2n) is 9.08. The first-order valence-electron chi connectivity index (χ1n) is 12.2. The number of hydrogen-bond donors (Lipinski definition) is 2. The van der Waals surface area contributed by atoms with E-state index in [2.05, 4.69) is 5.32 Å². The number of hydrogen-bond acceptors (Lipinski definition) is 6. The van der Waals surface area contributed by atoms with Gasteiger partial charge in [-0.05, 0) is 98.8 Å². The molecule has 39 heavy (non-hydrogen) atoms. The Labute approximate surface area is 229 Å². The molecule has 0 bridgehead atoms. The standard InChI is InChI=1S/C29H30F3NO5S/c1-6-37-28(36)22(34)15-33-27(35)24-12-11-23(39-24)26(16(2)3)38-21-13-17(4)25(18(5)14-21)19-7-9-20(10-8-19)29(30,31)32/h7-14,22,34H,6,15H2,1-5H3,(H,33,35)/t22-/m0/s1. The Kier molecular flexibility index (Phi) is 9.58. The summed E-state index contributed by atoms with van der Waals surface area (Å²) in [6.07, 6.45) is -5.85. The van der Waals surface area contributed by atoms with Gasteiger partial charge in [0.2, 0.25) is 0 Å². The summed E-state index contributed by atoms with van der Waals surface area (Å²) in [4.78, 5) is 25.2. The third kappa shape index (κ3) is 7.48. The molecule has 1 aromatic heterocycles. The fourth-order valence-electron chi connectivity index (χ4n) is 3.96. The van der Waals surface area contributed by atoms with Crippen molar-refractivity contribution in [1.82, 2.24) is 5.32 Å². The molecule has 0 radical (unpaired) electrons. The first-order valence-corrected chi connectivity index (χ1v) is 13.0. The molecule has 3 rings (SSSR count). The third-order valence-electron chi connectivity index (χ3n) is 5.75. The van der Waals surface area contributed by atoms with Crippen molar-refractivity contribution in [2.75, 3.05) is 13.2 Å². The largest absolute Gasteiger partial charge is 0.464 e. The lowest BCUT2D eigenvalue weighted by atomic mass is 9.94. The molecule has 1 heterocycles. The summed E-state index contributed by atoms with van der Waals surface area (Å²) in [6, 6.07) is 12.1. The molecule has 0 aliphatic carbocycles. The number of rotatable bonds is 9. The number of ether oxygens (including phenoxy) is 2. The van der Waals surface area contributed by atoms with Crippen LogP contribution in [0.5, 0.6) is 5.75 Å². The number of esters is 1. The van der Waals surface area contributed by atoms with E-state index in [9.17, 15) is 27.9 Å². The number of carbonyl (C=O) groups excluding carboxylic acids is 2. The Morgan fingerprint density at radius 1 is 1.00 bits per heavy atom. The molecule has 3 aromatic rings. The lowest BCUT2D eigenvalue weighted by molar-refractivity contribution is -0.152. The molecule has 6 nitrogen and oxygen atoms in total. The second-order valence-corrected chi connectivity index (χ2v) is 10.2. The second kappa shape index (κ2) is 12.5. The highest BCUT2D eigenvalue weighted by atomic mass is 32.1. The summed E-state index contributed by atoms with van der Waals surface area (Å²) < 4.78 is 49.8. The summed E-state index contributed by atoms with van der Waals surface area (Å²) in [5.41, 5.74) is 3.34. The summed E-state index contributed by atoms with van der Waals surface area (Å²) in [7, 11) is 0. The van der Waals surface area contributed by atoms with Gasteiger partial charge in [-0.2, -0.15) is 13.2 Å². The van der Waals surface area contributed by atoms with Gasteiger partial charge >= 0.3 is 12.1 Å². The number of aliphatic hydroxyl groups is 1. The van der Waals surface area contributed by atoms with E-state index in [-0.39, 0.29) is 13.2 Å². The number of halogens is 3. The van der Waals surface area contributed by atoms with Crippen LogP contribution in [0.3, 0.4) is 0 Å². The molecule has 10 heteroatoms. The first-order chi connectivity index (χ1) is 18.3. The van der Waals surface area contributed by atoms with Crippen LogP contribution in [0.4, 0.5) is 13.2 Å². The highest BCUT2D eigenvalue weighted by Crippen LogP contribution is 2.36. The minimum atomic E-state index is -4.40.